The Morgan fingerprint density at radius 2 is 2.35 bits per heavy atom. The van der Waals surface area contributed by atoms with Crippen LogP contribution in [0.4, 0.5) is 5.82 Å². The maximum absolute atomic E-state index is 5.60. The van der Waals surface area contributed by atoms with Gasteiger partial charge in [0.15, 0.2) is 11.5 Å². The number of hydrogen-bond acceptors (Lipinski definition) is 6. The van der Waals surface area contributed by atoms with Gasteiger partial charge in [0.05, 0.1) is 17.4 Å². The summed E-state index contributed by atoms with van der Waals surface area (Å²) in [5.74, 6) is 0.914. The molecule has 17 heavy (non-hydrogen) atoms. The summed E-state index contributed by atoms with van der Waals surface area (Å²) in [4.78, 5) is 6.56. The molecule has 0 radical (unpaired) electrons. The minimum Gasteiger partial charge on any atom is -0.393 e. The van der Waals surface area contributed by atoms with E-state index in [2.05, 4.69) is 20.5 Å². The van der Waals surface area contributed by atoms with Gasteiger partial charge in [0.25, 0.3) is 0 Å². The number of anilines is 1. The molecule has 0 aliphatic carbocycles. The SMILES string of the molecule is CC(CN(C)c1cncc2nnnn12)C(N)=S. The minimum atomic E-state index is 0.113. The Kier molecular flexibility index (Phi) is 3.14. The molecule has 2 rings (SSSR count). The number of nitrogens with two attached hydrogens (primary N) is 1. The Labute approximate surface area is 104 Å². The molecule has 0 saturated carbocycles. The highest BCUT2D eigenvalue weighted by Crippen LogP contribution is 2.12. The van der Waals surface area contributed by atoms with Crippen molar-refractivity contribution in [3.63, 3.8) is 0 Å². The second-order valence-corrected chi connectivity index (χ2v) is 4.37. The summed E-state index contributed by atoms with van der Waals surface area (Å²) < 4.78 is 1.62. The first-order valence-electron chi connectivity index (χ1n) is 5.12. The summed E-state index contributed by atoms with van der Waals surface area (Å²) in [6.45, 7) is 2.67. The molecule has 0 spiro atoms. The van der Waals surface area contributed by atoms with Crippen LogP contribution in [0.2, 0.25) is 0 Å². The van der Waals surface area contributed by atoms with Gasteiger partial charge >= 0.3 is 0 Å². The first-order chi connectivity index (χ1) is 8.09. The fourth-order valence-electron chi connectivity index (χ4n) is 1.52. The molecule has 1 unspecified atom stereocenters. The zero-order chi connectivity index (χ0) is 12.4. The summed E-state index contributed by atoms with van der Waals surface area (Å²) in [5, 5.41) is 11.3. The highest BCUT2D eigenvalue weighted by Gasteiger charge is 2.13. The number of nitrogens with zero attached hydrogens (tertiary/aromatic N) is 6. The van der Waals surface area contributed by atoms with Crippen molar-refractivity contribution < 1.29 is 0 Å². The molecule has 2 aromatic heterocycles. The summed E-state index contributed by atoms with van der Waals surface area (Å²) in [5.41, 5.74) is 6.21. The van der Waals surface area contributed by atoms with Crippen molar-refractivity contribution in [2.45, 2.75) is 6.92 Å². The predicted octanol–water partition coefficient (Wildman–Crippen LogP) is -0.122. The highest BCUT2D eigenvalue weighted by molar-refractivity contribution is 7.80. The Balaban J connectivity index is 2.27. The smallest absolute Gasteiger partial charge is 0.199 e. The van der Waals surface area contributed by atoms with Gasteiger partial charge < -0.3 is 10.6 Å². The Hall–Kier alpha value is -1.83. The molecule has 2 N–H and O–H groups in total. The minimum absolute atomic E-state index is 0.113. The van der Waals surface area contributed by atoms with E-state index in [1.54, 1.807) is 16.9 Å². The zero-order valence-corrected chi connectivity index (χ0v) is 10.4. The molecule has 8 heteroatoms. The normalized spacial score (nSPS) is 12.6. The summed E-state index contributed by atoms with van der Waals surface area (Å²) >= 11 is 4.95. The quantitative estimate of drug-likeness (QED) is 0.758. The van der Waals surface area contributed by atoms with Crippen molar-refractivity contribution in [1.82, 2.24) is 25.0 Å². The Morgan fingerprint density at radius 3 is 3.06 bits per heavy atom. The number of aromatic nitrogens is 5. The van der Waals surface area contributed by atoms with Gasteiger partial charge in [-0.3, -0.25) is 4.98 Å². The second-order valence-electron chi connectivity index (χ2n) is 3.90. The van der Waals surface area contributed by atoms with E-state index in [9.17, 15) is 0 Å². The molecule has 0 fully saturated rings. The van der Waals surface area contributed by atoms with Crippen LogP contribution in [0.1, 0.15) is 6.92 Å². The van der Waals surface area contributed by atoms with Crippen LogP contribution in [0.5, 0.6) is 0 Å². The van der Waals surface area contributed by atoms with Crippen LogP contribution >= 0.6 is 12.2 Å². The summed E-state index contributed by atoms with van der Waals surface area (Å²) in [6, 6.07) is 0. The van der Waals surface area contributed by atoms with Crippen LogP contribution in [0, 0.1) is 5.92 Å². The Morgan fingerprint density at radius 1 is 1.59 bits per heavy atom. The fraction of sp³-hybridized carbons (Fsp3) is 0.444. The Bertz CT molecular complexity index is 537. The second kappa shape index (κ2) is 4.58. The third-order valence-corrected chi connectivity index (χ3v) is 2.92. The molecule has 0 aromatic carbocycles. The predicted molar refractivity (Wildman–Crippen MR) is 67.8 cm³/mol. The van der Waals surface area contributed by atoms with Crippen LogP contribution in [-0.2, 0) is 0 Å². The number of thiocarbonyl (C=S) groups is 1. The van der Waals surface area contributed by atoms with Gasteiger partial charge in [0, 0.05) is 19.5 Å². The van der Waals surface area contributed by atoms with Gasteiger partial charge in [-0.15, -0.1) is 5.10 Å². The van der Waals surface area contributed by atoms with Gasteiger partial charge in [0.1, 0.15) is 0 Å². The average Bonchev–Trinajstić information content (AvgIpc) is 2.76. The van der Waals surface area contributed by atoms with E-state index in [1.807, 2.05) is 18.9 Å². The van der Waals surface area contributed by atoms with Crippen molar-refractivity contribution in [1.29, 1.82) is 0 Å². The van der Waals surface area contributed by atoms with Crippen molar-refractivity contribution in [2.75, 3.05) is 18.5 Å². The molecular formula is C9H13N7S. The van der Waals surface area contributed by atoms with Crippen LogP contribution in [0.25, 0.3) is 5.65 Å². The van der Waals surface area contributed by atoms with Crippen molar-refractivity contribution in [3.05, 3.63) is 12.4 Å². The fourth-order valence-corrected chi connectivity index (χ4v) is 1.59. The molecule has 0 aliphatic heterocycles. The van der Waals surface area contributed by atoms with E-state index in [-0.39, 0.29) is 5.92 Å². The van der Waals surface area contributed by atoms with Crippen LogP contribution in [0.15, 0.2) is 12.4 Å². The molecule has 0 bridgehead atoms. The molecule has 2 heterocycles. The van der Waals surface area contributed by atoms with E-state index in [0.717, 1.165) is 5.82 Å². The third kappa shape index (κ3) is 2.31. The lowest BCUT2D eigenvalue weighted by molar-refractivity contribution is 0.712. The zero-order valence-electron chi connectivity index (χ0n) is 9.61. The van der Waals surface area contributed by atoms with E-state index in [1.165, 1.54) is 0 Å². The third-order valence-electron chi connectivity index (χ3n) is 2.52. The maximum atomic E-state index is 5.60. The molecule has 2 aromatic rings. The number of fused-ring (bicyclic) bond motifs is 1. The van der Waals surface area contributed by atoms with Crippen LogP contribution in [0.3, 0.4) is 0 Å². The monoisotopic (exact) mass is 251 g/mol. The molecule has 0 amide bonds. The van der Waals surface area contributed by atoms with Gasteiger partial charge in [0.2, 0.25) is 0 Å². The number of hydrogen-bond donors (Lipinski definition) is 1. The highest BCUT2D eigenvalue weighted by atomic mass is 32.1. The lowest BCUT2D eigenvalue weighted by Crippen LogP contribution is -2.32. The molecular weight excluding hydrogens is 238 g/mol. The summed E-state index contributed by atoms with van der Waals surface area (Å²) in [6.07, 6.45) is 3.31. The molecule has 90 valence electrons. The van der Waals surface area contributed by atoms with Crippen LogP contribution < -0.4 is 10.6 Å². The van der Waals surface area contributed by atoms with Gasteiger partial charge in [-0.25, -0.2) is 0 Å². The lowest BCUT2D eigenvalue weighted by atomic mass is 10.2. The van der Waals surface area contributed by atoms with Gasteiger partial charge in [-0.2, -0.15) is 4.52 Å². The topological polar surface area (TPSA) is 85.2 Å². The largest absolute Gasteiger partial charge is 0.393 e. The van der Waals surface area contributed by atoms with E-state index < -0.39 is 0 Å². The van der Waals surface area contributed by atoms with E-state index >= 15 is 0 Å². The summed E-state index contributed by atoms with van der Waals surface area (Å²) in [7, 11) is 1.92. The van der Waals surface area contributed by atoms with E-state index in [4.69, 9.17) is 18.0 Å². The van der Waals surface area contributed by atoms with Crippen molar-refractivity contribution in [2.24, 2.45) is 11.7 Å². The average molecular weight is 251 g/mol. The molecule has 7 nitrogen and oxygen atoms in total. The van der Waals surface area contributed by atoms with E-state index in [0.29, 0.717) is 17.2 Å². The first kappa shape index (κ1) is 11.6. The van der Waals surface area contributed by atoms with Gasteiger partial charge in [-0.05, 0) is 10.4 Å². The van der Waals surface area contributed by atoms with Gasteiger partial charge in [-0.1, -0.05) is 19.1 Å². The van der Waals surface area contributed by atoms with Crippen molar-refractivity contribution in [3.8, 4) is 0 Å². The van der Waals surface area contributed by atoms with Crippen LogP contribution in [-0.4, -0.2) is 43.6 Å². The molecule has 0 saturated heterocycles. The van der Waals surface area contributed by atoms with Crippen molar-refractivity contribution >= 4 is 28.7 Å². The number of tetrazole rings is 1. The molecule has 1 atom stereocenters. The molecule has 0 aliphatic rings. The lowest BCUT2D eigenvalue weighted by Gasteiger charge is -2.22. The first-order valence-corrected chi connectivity index (χ1v) is 5.53. The standard InChI is InChI=1S/C9H13N7S/c1-6(9(10)17)5-15(2)8-4-11-3-7-12-13-14-16(7)8/h3-4,6H,5H2,1-2H3,(H2,10,17). The maximum Gasteiger partial charge on any atom is 0.199 e. The number of rotatable bonds is 4.